The van der Waals surface area contributed by atoms with Crippen LogP contribution in [0.3, 0.4) is 0 Å². The molecule has 1 atom stereocenters. The molecule has 2 heterocycles. The van der Waals surface area contributed by atoms with Crippen LogP contribution in [0.2, 0.25) is 0 Å². The number of hydrogen-bond acceptors (Lipinski definition) is 6. The molecule has 1 saturated heterocycles. The van der Waals surface area contributed by atoms with Crippen LogP contribution < -0.4 is 10.1 Å². The molecule has 134 valence electrons. The zero-order chi connectivity index (χ0) is 17.6. The summed E-state index contributed by atoms with van der Waals surface area (Å²) in [5, 5.41) is 6.74. The summed E-state index contributed by atoms with van der Waals surface area (Å²) in [5.74, 6) is 1.37. The normalized spacial score (nSPS) is 18.1. The molecule has 1 amide bonds. The van der Waals surface area contributed by atoms with Crippen LogP contribution in [0.1, 0.15) is 37.9 Å². The molecule has 1 N–H and O–H groups in total. The summed E-state index contributed by atoms with van der Waals surface area (Å²) >= 11 is 0. The summed E-state index contributed by atoms with van der Waals surface area (Å²) in [6, 6.07) is 7.79. The molecule has 0 unspecified atom stereocenters. The molecule has 7 nitrogen and oxygen atoms in total. The van der Waals surface area contributed by atoms with Gasteiger partial charge in [0, 0.05) is 6.04 Å². The molecular weight excluding hydrogens is 320 g/mol. The highest BCUT2D eigenvalue weighted by Gasteiger charge is 2.21. The lowest BCUT2D eigenvalue weighted by Crippen LogP contribution is -2.36. The first-order valence-electron chi connectivity index (χ1n) is 8.64. The number of amides is 1. The quantitative estimate of drug-likeness (QED) is 0.868. The molecule has 7 heteroatoms. The predicted octanol–water partition coefficient (Wildman–Crippen LogP) is 2.63. The number of carbonyl (C=O) groups is 1. The lowest BCUT2D eigenvalue weighted by atomic mass is 10.0. The molecule has 3 rings (SSSR count). The third-order valence-corrected chi connectivity index (χ3v) is 4.49. The van der Waals surface area contributed by atoms with Gasteiger partial charge in [0.25, 0.3) is 0 Å². The van der Waals surface area contributed by atoms with E-state index in [0.717, 1.165) is 6.54 Å². The number of nitrogens with zero attached hydrogens (tertiary/aromatic N) is 3. The predicted molar refractivity (Wildman–Crippen MR) is 93.3 cm³/mol. The van der Waals surface area contributed by atoms with Crippen LogP contribution in [0.4, 0.5) is 5.69 Å². The maximum absolute atomic E-state index is 12.2. The number of rotatable bonds is 6. The third kappa shape index (κ3) is 4.57. The summed E-state index contributed by atoms with van der Waals surface area (Å²) in [7, 11) is 1.57. The number of anilines is 1. The average molecular weight is 344 g/mol. The standard InChI is InChI=1S/C18H24N4O3/c1-13-7-5-6-10-22(13)12-18-20-16(21-25-18)11-17(23)19-14-8-3-4-9-15(14)24-2/h3-4,8-9,13H,5-7,10-12H2,1-2H3,(H,19,23)/t13-/m1/s1. The monoisotopic (exact) mass is 344 g/mol. The van der Waals surface area contributed by atoms with E-state index in [1.54, 1.807) is 19.2 Å². The van der Waals surface area contributed by atoms with E-state index in [0.29, 0.717) is 35.7 Å². The molecule has 1 fully saturated rings. The van der Waals surface area contributed by atoms with Crippen LogP contribution in [0.25, 0.3) is 0 Å². The van der Waals surface area contributed by atoms with Gasteiger partial charge in [-0.1, -0.05) is 23.7 Å². The van der Waals surface area contributed by atoms with Crippen LogP contribution in [0.15, 0.2) is 28.8 Å². The molecule has 0 aliphatic carbocycles. The van der Waals surface area contributed by atoms with E-state index in [9.17, 15) is 4.79 Å². The number of piperidine rings is 1. The first-order valence-corrected chi connectivity index (χ1v) is 8.64. The lowest BCUT2D eigenvalue weighted by Gasteiger charge is -2.31. The van der Waals surface area contributed by atoms with E-state index >= 15 is 0 Å². The van der Waals surface area contributed by atoms with Crippen molar-refractivity contribution in [1.29, 1.82) is 0 Å². The third-order valence-electron chi connectivity index (χ3n) is 4.49. The van der Waals surface area contributed by atoms with E-state index in [2.05, 4.69) is 27.3 Å². The van der Waals surface area contributed by atoms with E-state index in [-0.39, 0.29) is 12.3 Å². The Kier molecular flexibility index (Phi) is 5.65. The molecular formula is C18H24N4O3. The van der Waals surface area contributed by atoms with Gasteiger partial charge in [-0.05, 0) is 38.4 Å². The number of likely N-dealkylation sites (tertiary alicyclic amines) is 1. The molecule has 1 aliphatic heterocycles. The van der Waals surface area contributed by atoms with Gasteiger partial charge in [0.05, 0.1) is 25.8 Å². The maximum atomic E-state index is 12.2. The fourth-order valence-corrected chi connectivity index (χ4v) is 3.08. The van der Waals surface area contributed by atoms with Crippen molar-refractivity contribution in [3.63, 3.8) is 0 Å². The zero-order valence-electron chi connectivity index (χ0n) is 14.7. The number of para-hydroxylation sites is 2. The van der Waals surface area contributed by atoms with Gasteiger partial charge in [-0.25, -0.2) is 0 Å². The Bertz CT molecular complexity index is 716. The van der Waals surface area contributed by atoms with Gasteiger partial charge in [0.15, 0.2) is 5.82 Å². The molecule has 0 bridgehead atoms. The highest BCUT2D eigenvalue weighted by Crippen LogP contribution is 2.23. The van der Waals surface area contributed by atoms with Crippen LogP contribution >= 0.6 is 0 Å². The Morgan fingerprint density at radius 2 is 2.24 bits per heavy atom. The van der Waals surface area contributed by atoms with Gasteiger partial charge >= 0.3 is 0 Å². The van der Waals surface area contributed by atoms with Gasteiger partial charge in [0.1, 0.15) is 5.75 Å². The Balaban J connectivity index is 1.56. The number of aromatic nitrogens is 2. The van der Waals surface area contributed by atoms with Gasteiger partial charge < -0.3 is 14.6 Å². The van der Waals surface area contributed by atoms with Crippen molar-refractivity contribution >= 4 is 11.6 Å². The summed E-state index contributed by atoms with van der Waals surface area (Å²) in [5.41, 5.74) is 0.626. The minimum Gasteiger partial charge on any atom is -0.495 e. The molecule has 1 aromatic heterocycles. The minimum absolute atomic E-state index is 0.0666. The van der Waals surface area contributed by atoms with Crippen LogP contribution in [-0.4, -0.2) is 40.6 Å². The first-order chi connectivity index (χ1) is 12.2. The summed E-state index contributed by atoms with van der Waals surface area (Å²) in [6.45, 7) is 3.91. The Hall–Kier alpha value is -2.41. The summed E-state index contributed by atoms with van der Waals surface area (Å²) < 4.78 is 10.5. The highest BCUT2D eigenvalue weighted by atomic mass is 16.5. The fourth-order valence-electron chi connectivity index (χ4n) is 3.08. The number of carbonyl (C=O) groups excluding carboxylic acids is 1. The van der Waals surface area contributed by atoms with E-state index in [1.165, 1.54) is 19.3 Å². The Morgan fingerprint density at radius 3 is 3.04 bits per heavy atom. The molecule has 2 aromatic rings. The Labute approximate surface area is 147 Å². The van der Waals surface area contributed by atoms with Crippen molar-refractivity contribution in [2.24, 2.45) is 0 Å². The molecule has 0 radical (unpaired) electrons. The van der Waals surface area contributed by atoms with E-state index in [4.69, 9.17) is 9.26 Å². The first kappa shape index (κ1) is 17.4. The van der Waals surface area contributed by atoms with Crippen LogP contribution in [0.5, 0.6) is 5.75 Å². The Morgan fingerprint density at radius 1 is 1.40 bits per heavy atom. The van der Waals surface area contributed by atoms with Crippen molar-refractivity contribution in [2.45, 2.75) is 45.2 Å². The second-order valence-corrected chi connectivity index (χ2v) is 6.34. The van der Waals surface area contributed by atoms with Crippen molar-refractivity contribution in [3.8, 4) is 5.75 Å². The van der Waals surface area contributed by atoms with Crippen molar-refractivity contribution in [3.05, 3.63) is 36.0 Å². The molecule has 1 aromatic carbocycles. The highest BCUT2D eigenvalue weighted by molar-refractivity contribution is 5.93. The van der Waals surface area contributed by atoms with Crippen molar-refractivity contribution in [1.82, 2.24) is 15.0 Å². The lowest BCUT2D eigenvalue weighted by molar-refractivity contribution is -0.115. The number of ether oxygens (including phenoxy) is 1. The molecule has 1 aliphatic rings. The molecule has 0 saturated carbocycles. The van der Waals surface area contributed by atoms with E-state index < -0.39 is 0 Å². The number of nitrogens with one attached hydrogen (secondary N) is 1. The summed E-state index contributed by atoms with van der Waals surface area (Å²) in [4.78, 5) is 18.9. The smallest absolute Gasteiger partial charge is 0.240 e. The van der Waals surface area contributed by atoms with Gasteiger partial charge in [-0.2, -0.15) is 4.98 Å². The van der Waals surface area contributed by atoms with Crippen molar-refractivity contribution < 1.29 is 14.1 Å². The molecule has 25 heavy (non-hydrogen) atoms. The zero-order valence-corrected chi connectivity index (χ0v) is 14.7. The van der Waals surface area contributed by atoms with E-state index in [1.807, 2.05) is 12.1 Å². The van der Waals surface area contributed by atoms with Gasteiger partial charge in [0.2, 0.25) is 11.8 Å². The number of hydrogen-bond donors (Lipinski definition) is 1. The van der Waals surface area contributed by atoms with Crippen LogP contribution in [0, 0.1) is 0 Å². The van der Waals surface area contributed by atoms with Gasteiger partial charge in [-0.15, -0.1) is 0 Å². The fraction of sp³-hybridized carbons (Fsp3) is 0.500. The summed E-state index contributed by atoms with van der Waals surface area (Å²) in [6.07, 6.45) is 3.74. The van der Waals surface area contributed by atoms with Gasteiger partial charge in [-0.3, -0.25) is 9.69 Å². The maximum Gasteiger partial charge on any atom is 0.240 e. The average Bonchev–Trinajstić information content (AvgIpc) is 3.04. The number of methoxy groups -OCH3 is 1. The molecule has 0 spiro atoms. The minimum atomic E-state index is -0.205. The second-order valence-electron chi connectivity index (χ2n) is 6.34. The van der Waals surface area contributed by atoms with Crippen LogP contribution in [-0.2, 0) is 17.8 Å². The second kappa shape index (κ2) is 8.11. The SMILES string of the molecule is COc1ccccc1NC(=O)Cc1noc(CN2CCCC[C@H]2C)n1. The van der Waals surface area contributed by atoms with Crippen molar-refractivity contribution in [2.75, 3.05) is 19.0 Å². The number of benzene rings is 1. The largest absolute Gasteiger partial charge is 0.495 e. The topological polar surface area (TPSA) is 80.5 Å².